The van der Waals surface area contributed by atoms with Gasteiger partial charge in [-0.15, -0.1) is 0 Å². The van der Waals surface area contributed by atoms with Gasteiger partial charge in [-0.3, -0.25) is 4.79 Å². The van der Waals surface area contributed by atoms with Crippen LogP contribution in [0.5, 0.6) is 11.5 Å². The van der Waals surface area contributed by atoms with E-state index < -0.39 is 0 Å². The summed E-state index contributed by atoms with van der Waals surface area (Å²) in [4.78, 5) is 11.0. The van der Waals surface area contributed by atoms with Gasteiger partial charge in [-0.25, -0.2) is 0 Å². The molecule has 4 heteroatoms. The summed E-state index contributed by atoms with van der Waals surface area (Å²) in [7, 11) is 3.12. The molecule has 82 valence electrons. The molecule has 1 aromatic rings. The van der Waals surface area contributed by atoms with E-state index in [9.17, 15) is 4.79 Å². The average Bonchev–Trinajstić information content (AvgIpc) is 2.26. The van der Waals surface area contributed by atoms with E-state index in [2.05, 4.69) is 0 Å². The lowest BCUT2D eigenvalue weighted by Crippen LogP contribution is -2.18. The molecule has 0 saturated heterocycles. The van der Waals surface area contributed by atoms with Crippen LogP contribution >= 0.6 is 0 Å². The SMILES string of the molecule is COc1ccc([C@H](C)C(N)=O)cc1OC. The number of hydrogen-bond acceptors (Lipinski definition) is 3. The van der Waals surface area contributed by atoms with Crippen molar-refractivity contribution in [2.45, 2.75) is 12.8 Å². The number of hydrogen-bond donors (Lipinski definition) is 1. The molecule has 0 aliphatic heterocycles. The van der Waals surface area contributed by atoms with Crippen molar-refractivity contribution < 1.29 is 14.3 Å². The van der Waals surface area contributed by atoms with Gasteiger partial charge in [-0.2, -0.15) is 0 Å². The highest BCUT2D eigenvalue weighted by atomic mass is 16.5. The van der Waals surface area contributed by atoms with Crippen LogP contribution in [-0.2, 0) is 4.79 Å². The number of carbonyl (C=O) groups excluding carboxylic acids is 1. The number of rotatable bonds is 4. The Morgan fingerprint density at radius 2 is 1.87 bits per heavy atom. The minimum Gasteiger partial charge on any atom is -0.493 e. The number of ether oxygens (including phenoxy) is 2. The molecule has 1 amide bonds. The quantitative estimate of drug-likeness (QED) is 0.812. The van der Waals surface area contributed by atoms with Crippen molar-refractivity contribution in [1.29, 1.82) is 0 Å². The maximum absolute atomic E-state index is 11.0. The Labute approximate surface area is 89.0 Å². The standard InChI is InChI=1S/C11H15NO3/c1-7(11(12)13)8-4-5-9(14-2)10(6-8)15-3/h4-7H,1-3H3,(H2,12,13)/t7-/m0/s1. The second kappa shape index (κ2) is 4.68. The lowest BCUT2D eigenvalue weighted by Gasteiger charge is -2.12. The van der Waals surface area contributed by atoms with Gasteiger partial charge in [0.2, 0.25) is 5.91 Å². The van der Waals surface area contributed by atoms with Gasteiger partial charge in [-0.05, 0) is 24.6 Å². The fourth-order valence-corrected chi connectivity index (χ4v) is 1.29. The Bertz CT molecular complexity index is 363. The second-order valence-corrected chi connectivity index (χ2v) is 3.24. The van der Waals surface area contributed by atoms with E-state index in [0.717, 1.165) is 5.56 Å². The molecule has 15 heavy (non-hydrogen) atoms. The molecular weight excluding hydrogens is 194 g/mol. The Morgan fingerprint density at radius 3 is 2.33 bits per heavy atom. The average molecular weight is 209 g/mol. The molecule has 0 aromatic heterocycles. The Kier molecular flexibility index (Phi) is 3.55. The summed E-state index contributed by atoms with van der Waals surface area (Å²) < 4.78 is 10.2. The number of benzene rings is 1. The molecular formula is C11H15NO3. The van der Waals surface area contributed by atoms with Gasteiger partial charge in [0.15, 0.2) is 11.5 Å². The smallest absolute Gasteiger partial charge is 0.224 e. The summed E-state index contributed by atoms with van der Waals surface area (Å²) in [6, 6.07) is 5.32. The van der Waals surface area contributed by atoms with Crippen LogP contribution in [0.2, 0.25) is 0 Å². The molecule has 0 heterocycles. The maximum atomic E-state index is 11.0. The monoisotopic (exact) mass is 209 g/mol. The molecule has 4 nitrogen and oxygen atoms in total. The molecule has 1 aromatic carbocycles. The summed E-state index contributed by atoms with van der Waals surface area (Å²) in [5.41, 5.74) is 6.04. The zero-order chi connectivity index (χ0) is 11.4. The number of nitrogens with two attached hydrogens (primary N) is 1. The summed E-state index contributed by atoms with van der Waals surface area (Å²) in [6.45, 7) is 1.75. The van der Waals surface area contributed by atoms with Crippen molar-refractivity contribution in [1.82, 2.24) is 0 Å². The van der Waals surface area contributed by atoms with Crippen molar-refractivity contribution >= 4 is 5.91 Å². The molecule has 1 rings (SSSR count). The molecule has 0 aliphatic rings. The van der Waals surface area contributed by atoms with Gasteiger partial charge in [0, 0.05) is 0 Å². The third kappa shape index (κ3) is 2.40. The zero-order valence-electron chi connectivity index (χ0n) is 9.11. The summed E-state index contributed by atoms with van der Waals surface area (Å²) >= 11 is 0. The molecule has 0 saturated carbocycles. The molecule has 0 bridgehead atoms. The molecule has 2 N–H and O–H groups in total. The Balaban J connectivity index is 3.07. The lowest BCUT2D eigenvalue weighted by molar-refractivity contribution is -0.119. The first-order valence-electron chi connectivity index (χ1n) is 4.61. The van der Waals surface area contributed by atoms with Crippen LogP contribution in [0.15, 0.2) is 18.2 Å². The molecule has 0 unspecified atom stereocenters. The van der Waals surface area contributed by atoms with E-state index in [4.69, 9.17) is 15.2 Å². The van der Waals surface area contributed by atoms with Crippen molar-refractivity contribution in [3.05, 3.63) is 23.8 Å². The van der Waals surface area contributed by atoms with Gasteiger partial charge in [0.1, 0.15) is 0 Å². The van der Waals surface area contributed by atoms with Crippen molar-refractivity contribution in [3.63, 3.8) is 0 Å². The van der Waals surface area contributed by atoms with Crippen LogP contribution in [-0.4, -0.2) is 20.1 Å². The van der Waals surface area contributed by atoms with E-state index in [1.54, 1.807) is 39.3 Å². The first-order valence-corrected chi connectivity index (χ1v) is 4.61. The van der Waals surface area contributed by atoms with Crippen molar-refractivity contribution in [3.8, 4) is 11.5 Å². The van der Waals surface area contributed by atoms with Crippen molar-refractivity contribution in [2.75, 3.05) is 14.2 Å². The second-order valence-electron chi connectivity index (χ2n) is 3.24. The van der Waals surface area contributed by atoms with Crippen LogP contribution in [0.3, 0.4) is 0 Å². The maximum Gasteiger partial charge on any atom is 0.224 e. The number of methoxy groups -OCH3 is 2. The van der Waals surface area contributed by atoms with Crippen LogP contribution in [0.25, 0.3) is 0 Å². The van der Waals surface area contributed by atoms with Gasteiger partial charge < -0.3 is 15.2 Å². The third-order valence-corrected chi connectivity index (χ3v) is 2.33. The molecule has 0 spiro atoms. The topological polar surface area (TPSA) is 61.5 Å². The Morgan fingerprint density at radius 1 is 1.27 bits per heavy atom. The van der Waals surface area contributed by atoms with Gasteiger partial charge in [0.05, 0.1) is 20.1 Å². The van der Waals surface area contributed by atoms with E-state index in [1.807, 2.05) is 0 Å². The van der Waals surface area contributed by atoms with E-state index in [0.29, 0.717) is 11.5 Å². The summed E-state index contributed by atoms with van der Waals surface area (Å²) in [5, 5.41) is 0. The lowest BCUT2D eigenvalue weighted by atomic mass is 10.0. The Hall–Kier alpha value is -1.71. The molecule has 0 radical (unpaired) electrons. The van der Waals surface area contributed by atoms with Crippen LogP contribution < -0.4 is 15.2 Å². The minimum atomic E-state index is -0.359. The van der Waals surface area contributed by atoms with Gasteiger partial charge in [-0.1, -0.05) is 6.07 Å². The predicted molar refractivity (Wildman–Crippen MR) is 57.2 cm³/mol. The number of amides is 1. The molecule has 0 aliphatic carbocycles. The minimum absolute atomic E-state index is 0.329. The zero-order valence-corrected chi connectivity index (χ0v) is 9.11. The molecule has 0 fully saturated rings. The highest BCUT2D eigenvalue weighted by Crippen LogP contribution is 2.30. The molecule has 1 atom stereocenters. The van der Waals surface area contributed by atoms with E-state index in [1.165, 1.54) is 0 Å². The van der Waals surface area contributed by atoms with Gasteiger partial charge >= 0.3 is 0 Å². The van der Waals surface area contributed by atoms with E-state index in [-0.39, 0.29) is 11.8 Å². The van der Waals surface area contributed by atoms with Crippen molar-refractivity contribution in [2.24, 2.45) is 5.73 Å². The van der Waals surface area contributed by atoms with Crippen LogP contribution in [0, 0.1) is 0 Å². The van der Waals surface area contributed by atoms with Crippen LogP contribution in [0.4, 0.5) is 0 Å². The van der Waals surface area contributed by atoms with Crippen LogP contribution in [0.1, 0.15) is 18.4 Å². The fraction of sp³-hybridized carbons (Fsp3) is 0.364. The summed E-state index contributed by atoms with van der Waals surface area (Å²) in [5.74, 6) is 0.549. The highest BCUT2D eigenvalue weighted by Gasteiger charge is 2.14. The first kappa shape index (κ1) is 11.4. The number of primary amides is 1. The normalized spacial score (nSPS) is 11.9. The number of carbonyl (C=O) groups is 1. The summed E-state index contributed by atoms with van der Waals surface area (Å²) in [6.07, 6.45) is 0. The van der Waals surface area contributed by atoms with Gasteiger partial charge in [0.25, 0.3) is 0 Å². The largest absolute Gasteiger partial charge is 0.493 e. The fourth-order valence-electron chi connectivity index (χ4n) is 1.29. The third-order valence-electron chi connectivity index (χ3n) is 2.33. The predicted octanol–water partition coefficient (Wildman–Crippen LogP) is 1.29. The first-order chi connectivity index (χ1) is 7.10. The highest BCUT2D eigenvalue weighted by molar-refractivity contribution is 5.81. The van der Waals surface area contributed by atoms with E-state index >= 15 is 0 Å².